The van der Waals surface area contributed by atoms with Crippen LogP contribution in [0.15, 0.2) is 77.7 Å². The first-order chi connectivity index (χ1) is 12.8. The van der Waals surface area contributed by atoms with Crippen LogP contribution in [0.3, 0.4) is 0 Å². The number of rotatable bonds is 4. The zero-order valence-corrected chi connectivity index (χ0v) is 13.9. The summed E-state index contributed by atoms with van der Waals surface area (Å²) < 4.78 is 39.2. The SMILES string of the molecule is O=C(O)C(c1ccccc1)n1cccc(-c2ccc(C(F)(F)F)cc2)c1=O. The molecule has 2 aromatic carbocycles. The van der Waals surface area contributed by atoms with Crippen molar-refractivity contribution in [3.8, 4) is 11.1 Å². The van der Waals surface area contributed by atoms with E-state index in [1.54, 1.807) is 30.3 Å². The van der Waals surface area contributed by atoms with Gasteiger partial charge in [0.05, 0.1) is 5.56 Å². The Morgan fingerprint density at radius 3 is 2.11 bits per heavy atom. The van der Waals surface area contributed by atoms with Crippen LogP contribution >= 0.6 is 0 Å². The molecule has 0 saturated carbocycles. The lowest BCUT2D eigenvalue weighted by molar-refractivity contribution is -0.140. The van der Waals surface area contributed by atoms with Crippen LogP contribution in [0.4, 0.5) is 13.2 Å². The number of aromatic nitrogens is 1. The van der Waals surface area contributed by atoms with E-state index in [0.717, 1.165) is 16.7 Å². The quantitative estimate of drug-likeness (QED) is 0.745. The Bertz CT molecular complexity index is 1010. The molecule has 7 heteroatoms. The van der Waals surface area contributed by atoms with Crippen LogP contribution in [0.25, 0.3) is 11.1 Å². The van der Waals surface area contributed by atoms with Crippen LogP contribution in [0, 0.1) is 0 Å². The summed E-state index contributed by atoms with van der Waals surface area (Å²) in [5.74, 6) is -1.21. The van der Waals surface area contributed by atoms with Crippen molar-refractivity contribution in [1.29, 1.82) is 0 Å². The Morgan fingerprint density at radius 2 is 1.56 bits per heavy atom. The number of alkyl halides is 3. The fraction of sp³-hybridized carbons (Fsp3) is 0.100. The maximum Gasteiger partial charge on any atom is 0.416 e. The van der Waals surface area contributed by atoms with Gasteiger partial charge in [0.25, 0.3) is 5.56 Å². The van der Waals surface area contributed by atoms with Gasteiger partial charge in [-0.25, -0.2) is 4.79 Å². The predicted octanol–water partition coefficient (Wildman–Crippen LogP) is 4.21. The van der Waals surface area contributed by atoms with Gasteiger partial charge in [0, 0.05) is 11.8 Å². The van der Waals surface area contributed by atoms with Crippen molar-refractivity contribution in [3.05, 3.63) is 94.4 Å². The Balaban J connectivity index is 2.08. The molecule has 0 bridgehead atoms. The lowest BCUT2D eigenvalue weighted by Crippen LogP contribution is -2.31. The van der Waals surface area contributed by atoms with E-state index in [1.165, 1.54) is 30.5 Å². The molecular weight excluding hydrogens is 359 g/mol. The highest BCUT2D eigenvalue weighted by Gasteiger charge is 2.30. The molecule has 1 unspecified atom stereocenters. The van der Waals surface area contributed by atoms with E-state index in [-0.39, 0.29) is 11.1 Å². The first-order valence-corrected chi connectivity index (χ1v) is 7.95. The smallest absolute Gasteiger partial charge is 0.416 e. The van der Waals surface area contributed by atoms with Gasteiger partial charge in [-0.15, -0.1) is 0 Å². The van der Waals surface area contributed by atoms with Gasteiger partial charge in [-0.05, 0) is 35.4 Å². The van der Waals surface area contributed by atoms with Crippen LogP contribution < -0.4 is 5.56 Å². The molecule has 3 rings (SSSR count). The summed E-state index contributed by atoms with van der Waals surface area (Å²) in [6.07, 6.45) is -3.13. The molecule has 3 aromatic rings. The molecule has 1 aromatic heterocycles. The molecule has 138 valence electrons. The molecule has 0 aliphatic carbocycles. The minimum atomic E-state index is -4.48. The normalized spacial score (nSPS) is 12.6. The summed E-state index contributed by atoms with van der Waals surface area (Å²) in [7, 11) is 0. The number of aliphatic carboxylic acids is 1. The molecule has 1 atom stereocenters. The van der Waals surface area contributed by atoms with Gasteiger partial charge in [0.15, 0.2) is 6.04 Å². The number of carbonyl (C=O) groups is 1. The maximum atomic E-state index is 12.8. The van der Waals surface area contributed by atoms with Crippen molar-refractivity contribution in [2.45, 2.75) is 12.2 Å². The Labute approximate surface area is 152 Å². The molecule has 0 spiro atoms. The number of benzene rings is 2. The van der Waals surface area contributed by atoms with E-state index in [2.05, 4.69) is 0 Å². The molecule has 0 radical (unpaired) electrons. The highest BCUT2D eigenvalue weighted by molar-refractivity contribution is 5.76. The number of halogens is 3. The highest BCUT2D eigenvalue weighted by atomic mass is 19.4. The fourth-order valence-electron chi connectivity index (χ4n) is 2.83. The molecule has 1 heterocycles. The lowest BCUT2D eigenvalue weighted by atomic mass is 10.0. The van der Waals surface area contributed by atoms with Crippen molar-refractivity contribution in [3.63, 3.8) is 0 Å². The zero-order chi connectivity index (χ0) is 19.6. The second-order valence-corrected chi connectivity index (χ2v) is 5.86. The summed E-state index contributed by atoms with van der Waals surface area (Å²) in [4.78, 5) is 24.6. The van der Waals surface area contributed by atoms with Crippen molar-refractivity contribution >= 4 is 5.97 Å². The molecule has 0 amide bonds. The number of carboxylic acids is 1. The summed E-state index contributed by atoms with van der Waals surface area (Å²) >= 11 is 0. The summed E-state index contributed by atoms with van der Waals surface area (Å²) in [6, 6.07) is 14.1. The average molecular weight is 373 g/mol. The minimum Gasteiger partial charge on any atom is -0.479 e. The van der Waals surface area contributed by atoms with Gasteiger partial charge in [-0.1, -0.05) is 42.5 Å². The first-order valence-electron chi connectivity index (χ1n) is 7.95. The fourth-order valence-corrected chi connectivity index (χ4v) is 2.83. The molecule has 1 N–H and O–H groups in total. The number of pyridine rings is 1. The van der Waals surface area contributed by atoms with Crippen LogP contribution in [0.5, 0.6) is 0 Å². The van der Waals surface area contributed by atoms with Crippen LogP contribution in [0.1, 0.15) is 17.2 Å². The maximum absolute atomic E-state index is 12.8. The van der Waals surface area contributed by atoms with Crippen molar-refractivity contribution in [1.82, 2.24) is 4.57 Å². The first kappa shape index (κ1) is 18.4. The zero-order valence-electron chi connectivity index (χ0n) is 13.9. The number of hydrogen-bond donors (Lipinski definition) is 1. The third-order valence-electron chi connectivity index (χ3n) is 4.13. The van der Waals surface area contributed by atoms with Crippen LogP contribution in [-0.4, -0.2) is 15.6 Å². The molecule has 0 fully saturated rings. The van der Waals surface area contributed by atoms with Crippen molar-refractivity contribution in [2.75, 3.05) is 0 Å². The molecule has 0 aliphatic rings. The summed E-state index contributed by atoms with van der Waals surface area (Å²) in [5.41, 5.74) is -0.617. The number of nitrogens with zero attached hydrogens (tertiary/aromatic N) is 1. The molecule has 0 aliphatic heterocycles. The largest absolute Gasteiger partial charge is 0.479 e. The Morgan fingerprint density at radius 1 is 0.926 bits per heavy atom. The van der Waals surface area contributed by atoms with Gasteiger partial charge in [0.1, 0.15) is 0 Å². The van der Waals surface area contributed by atoms with E-state index in [9.17, 15) is 27.9 Å². The van der Waals surface area contributed by atoms with Crippen LogP contribution in [-0.2, 0) is 11.0 Å². The van der Waals surface area contributed by atoms with Gasteiger partial charge >= 0.3 is 12.1 Å². The topological polar surface area (TPSA) is 59.3 Å². The molecule has 27 heavy (non-hydrogen) atoms. The van der Waals surface area contributed by atoms with E-state index in [0.29, 0.717) is 5.56 Å². The van der Waals surface area contributed by atoms with E-state index < -0.39 is 29.3 Å². The Kier molecular flexibility index (Phi) is 4.85. The van der Waals surface area contributed by atoms with Crippen molar-refractivity contribution < 1.29 is 23.1 Å². The molecule has 0 saturated heterocycles. The van der Waals surface area contributed by atoms with Gasteiger partial charge in [-0.2, -0.15) is 13.2 Å². The standard InChI is InChI=1S/C20H14F3NO3/c21-20(22,23)15-10-8-13(9-11-15)16-7-4-12-24(18(16)25)17(19(26)27)14-5-2-1-3-6-14/h1-12,17H,(H,26,27). The highest BCUT2D eigenvalue weighted by Crippen LogP contribution is 2.30. The van der Waals surface area contributed by atoms with Crippen molar-refractivity contribution in [2.24, 2.45) is 0 Å². The van der Waals surface area contributed by atoms with E-state index >= 15 is 0 Å². The average Bonchev–Trinajstić information content (AvgIpc) is 2.63. The van der Waals surface area contributed by atoms with Gasteiger partial charge < -0.3 is 5.11 Å². The second-order valence-electron chi connectivity index (χ2n) is 5.86. The third kappa shape index (κ3) is 3.76. The Hall–Kier alpha value is -3.35. The second kappa shape index (κ2) is 7.11. The summed E-state index contributed by atoms with van der Waals surface area (Å²) in [5, 5.41) is 9.61. The monoisotopic (exact) mass is 373 g/mol. The molecule has 4 nitrogen and oxygen atoms in total. The lowest BCUT2D eigenvalue weighted by Gasteiger charge is -2.17. The van der Waals surface area contributed by atoms with E-state index in [4.69, 9.17) is 0 Å². The van der Waals surface area contributed by atoms with Gasteiger partial charge in [-0.3, -0.25) is 9.36 Å². The number of carboxylic acid groups (broad SMARTS) is 1. The minimum absolute atomic E-state index is 0.119. The predicted molar refractivity (Wildman–Crippen MR) is 93.4 cm³/mol. The summed E-state index contributed by atoms with van der Waals surface area (Å²) in [6.45, 7) is 0. The third-order valence-corrected chi connectivity index (χ3v) is 4.13. The van der Waals surface area contributed by atoms with Crippen LogP contribution in [0.2, 0.25) is 0 Å². The van der Waals surface area contributed by atoms with Gasteiger partial charge in [0.2, 0.25) is 0 Å². The van der Waals surface area contributed by atoms with E-state index in [1.807, 2.05) is 0 Å². The number of hydrogen-bond acceptors (Lipinski definition) is 2. The molecular formula is C20H14F3NO3.